The Kier molecular flexibility index (Phi) is 2.96. The summed E-state index contributed by atoms with van der Waals surface area (Å²) in [6.07, 6.45) is 0. The molecule has 0 atom stereocenters. The minimum atomic E-state index is 0.134. The van der Waals surface area contributed by atoms with Crippen LogP contribution in [0.2, 0.25) is 0 Å². The van der Waals surface area contributed by atoms with E-state index in [1.807, 2.05) is 23.6 Å². The van der Waals surface area contributed by atoms with Crippen LogP contribution in [0, 0.1) is 0 Å². The van der Waals surface area contributed by atoms with Crippen molar-refractivity contribution < 1.29 is 0 Å². The average molecular weight is 279 g/mol. The van der Waals surface area contributed by atoms with Crippen molar-refractivity contribution in [3.8, 4) is 9.75 Å². The summed E-state index contributed by atoms with van der Waals surface area (Å²) in [7, 11) is 3.34. The third kappa shape index (κ3) is 2.13. The summed E-state index contributed by atoms with van der Waals surface area (Å²) >= 11 is 1.32. The lowest BCUT2D eigenvalue weighted by Crippen LogP contribution is -2.05. The van der Waals surface area contributed by atoms with E-state index in [1.165, 1.54) is 16.9 Å². The maximum Gasteiger partial charge on any atom is 0.257 e. The second kappa shape index (κ2) is 4.60. The Morgan fingerprint density at radius 1 is 1.18 bits per heavy atom. The number of benzene rings is 1. The van der Waals surface area contributed by atoms with E-state index >= 15 is 0 Å². The van der Waals surface area contributed by atoms with Crippen LogP contribution in [0.15, 0.2) is 40.5 Å². The van der Waals surface area contributed by atoms with E-state index in [2.05, 4.69) is 17.4 Å². The minimum Gasteiger partial charge on any atom is -0.376 e. The van der Waals surface area contributed by atoms with Crippen molar-refractivity contribution in [3.63, 3.8) is 0 Å². The predicted octanol–water partition coefficient (Wildman–Crippen LogP) is 3.95. The Hall–Kier alpha value is -1.17. The lowest BCUT2D eigenvalue weighted by Gasteiger charge is -2.03. The number of hydrogen-bond acceptors (Lipinski definition) is 5. The van der Waals surface area contributed by atoms with E-state index in [-0.39, 0.29) is 4.74 Å². The molecule has 0 unspecified atom stereocenters. The van der Waals surface area contributed by atoms with Gasteiger partial charge < -0.3 is 5.32 Å². The summed E-state index contributed by atoms with van der Waals surface area (Å²) in [5.41, 5.74) is 1.95. The molecule has 3 rings (SSSR count). The number of thiophene rings is 1. The van der Waals surface area contributed by atoms with Gasteiger partial charge in [0.25, 0.3) is 4.74 Å². The Bertz CT molecular complexity index is 637. The summed E-state index contributed by atoms with van der Waals surface area (Å²) in [5, 5.41) is 5.29. The number of fused-ring (bicyclic) bond motifs is 1. The van der Waals surface area contributed by atoms with E-state index in [0.29, 0.717) is 6.54 Å². The molecule has 17 heavy (non-hydrogen) atoms. The molecule has 0 spiro atoms. The second-order valence-electron chi connectivity index (χ2n) is 3.59. The summed E-state index contributed by atoms with van der Waals surface area (Å²) in [6, 6.07) is 10.1. The highest BCUT2D eigenvalue weighted by Gasteiger charge is 2.17. The van der Waals surface area contributed by atoms with E-state index in [0.717, 1.165) is 15.4 Å². The number of hydrogen-bond donors (Lipinski definition) is 1. The molecule has 1 aromatic rings. The molecule has 0 bridgehead atoms. The van der Waals surface area contributed by atoms with Crippen LogP contribution in [-0.4, -0.2) is 0 Å². The van der Waals surface area contributed by atoms with Crippen molar-refractivity contribution in [2.45, 2.75) is 6.54 Å². The highest BCUT2D eigenvalue weighted by atomic mass is 32.9. The highest BCUT2D eigenvalue weighted by Crippen LogP contribution is 2.40. The first-order valence-corrected chi connectivity index (χ1v) is 8.15. The van der Waals surface area contributed by atoms with Crippen LogP contribution < -0.4 is 10.1 Å². The van der Waals surface area contributed by atoms with Crippen molar-refractivity contribution in [1.82, 2.24) is 0 Å². The minimum absolute atomic E-state index is 0.134. The van der Waals surface area contributed by atoms with Crippen LogP contribution in [0.1, 0.15) is 5.56 Å². The van der Waals surface area contributed by atoms with E-state index < -0.39 is 0 Å². The van der Waals surface area contributed by atoms with Crippen LogP contribution in [0.3, 0.4) is 0 Å². The second-order valence-corrected chi connectivity index (χ2v) is 6.69. The van der Waals surface area contributed by atoms with E-state index in [9.17, 15) is 4.79 Å². The van der Waals surface area contributed by atoms with Gasteiger partial charge in [0.2, 0.25) is 0 Å². The molecule has 1 N–H and O–H groups in total. The van der Waals surface area contributed by atoms with Gasteiger partial charge in [0.1, 0.15) is 5.69 Å². The third-order valence-electron chi connectivity index (χ3n) is 2.46. The molecule has 0 amide bonds. The molecule has 2 aliphatic rings. The molecule has 1 aromatic carbocycles. The lowest BCUT2D eigenvalue weighted by atomic mass is 10.2. The maximum atomic E-state index is 11.8. The van der Waals surface area contributed by atoms with Gasteiger partial charge in [-0.2, -0.15) is 0 Å². The van der Waals surface area contributed by atoms with Crippen LogP contribution in [0.5, 0.6) is 0 Å². The molecule has 0 saturated carbocycles. The molecule has 86 valence electrons. The first-order valence-electron chi connectivity index (χ1n) is 5.13. The molecular formula is C12H9NOS3. The molecule has 2 nitrogen and oxygen atoms in total. The summed E-state index contributed by atoms with van der Waals surface area (Å²) in [5.74, 6) is 0. The third-order valence-corrected chi connectivity index (χ3v) is 5.76. The highest BCUT2D eigenvalue weighted by molar-refractivity contribution is 7.71. The van der Waals surface area contributed by atoms with Gasteiger partial charge in [-0.25, -0.2) is 0 Å². The molecule has 0 saturated heterocycles. The van der Waals surface area contributed by atoms with Crippen molar-refractivity contribution in [3.05, 3.63) is 50.8 Å². The monoisotopic (exact) mass is 279 g/mol. The largest absolute Gasteiger partial charge is 0.376 e. The molecule has 2 aliphatic heterocycles. The fourth-order valence-corrected chi connectivity index (χ4v) is 5.35. The molecule has 0 radical (unpaired) electrons. The Labute approximate surface area is 110 Å². The van der Waals surface area contributed by atoms with Crippen LogP contribution >= 0.6 is 32.0 Å². The van der Waals surface area contributed by atoms with Gasteiger partial charge in [0.15, 0.2) is 0 Å². The van der Waals surface area contributed by atoms with Gasteiger partial charge in [-0.3, -0.25) is 4.79 Å². The van der Waals surface area contributed by atoms with Crippen molar-refractivity contribution in [2.24, 2.45) is 0 Å². The fraction of sp³-hybridized carbons (Fsp3) is 0.0833. The zero-order valence-corrected chi connectivity index (χ0v) is 11.3. The Morgan fingerprint density at radius 2 is 2.00 bits per heavy atom. The first-order chi connectivity index (χ1) is 8.34. The maximum absolute atomic E-state index is 11.8. The summed E-state index contributed by atoms with van der Waals surface area (Å²) in [6.45, 7) is 0.699. The zero-order chi connectivity index (χ0) is 11.7. The zero-order valence-electron chi connectivity index (χ0n) is 8.80. The topological polar surface area (TPSA) is 29.1 Å². The van der Waals surface area contributed by atoms with Gasteiger partial charge >= 0.3 is 0 Å². The molecular weight excluding hydrogens is 270 g/mol. The Morgan fingerprint density at radius 3 is 2.82 bits per heavy atom. The molecule has 0 aliphatic carbocycles. The van der Waals surface area contributed by atoms with Gasteiger partial charge in [0, 0.05) is 11.9 Å². The smallest absolute Gasteiger partial charge is 0.257 e. The van der Waals surface area contributed by atoms with Gasteiger partial charge in [-0.15, -0.1) is 0 Å². The van der Waals surface area contributed by atoms with E-state index in [4.69, 9.17) is 0 Å². The average Bonchev–Trinajstić information content (AvgIpc) is 2.89. The fourth-order valence-electron chi connectivity index (χ4n) is 1.63. The standard InChI is InChI=1S/C12H9NOS3/c14-12-10(11-9(16-12)7-15-17-11)13-6-8-4-2-1-3-5-8/h1-5,7,13H,6H2. The van der Waals surface area contributed by atoms with Crippen molar-refractivity contribution >= 4 is 37.7 Å². The normalized spacial score (nSPS) is 10.8. The predicted molar refractivity (Wildman–Crippen MR) is 76.7 cm³/mol. The number of rotatable bonds is 3. The van der Waals surface area contributed by atoms with Crippen LogP contribution in [0.25, 0.3) is 9.75 Å². The molecule has 0 fully saturated rings. The Balaban J connectivity index is 1.84. The SMILES string of the molecule is O=c1sc2cssc-2c1NCc1ccccc1. The van der Waals surface area contributed by atoms with Crippen molar-refractivity contribution in [2.75, 3.05) is 5.32 Å². The molecule has 5 heteroatoms. The van der Waals surface area contributed by atoms with Crippen LogP contribution in [-0.2, 0) is 6.54 Å². The quantitative estimate of drug-likeness (QED) is 0.736. The molecule has 0 aromatic heterocycles. The van der Waals surface area contributed by atoms with E-state index in [1.54, 1.807) is 20.7 Å². The summed E-state index contributed by atoms with van der Waals surface area (Å²) < 4.78 is 0.134. The van der Waals surface area contributed by atoms with Crippen molar-refractivity contribution in [1.29, 1.82) is 0 Å². The van der Waals surface area contributed by atoms with Gasteiger partial charge in [-0.05, 0) is 5.56 Å². The molecule has 2 heterocycles. The number of nitrogens with one attached hydrogen (secondary N) is 1. The summed E-state index contributed by atoms with van der Waals surface area (Å²) in [4.78, 5) is 14.0. The lowest BCUT2D eigenvalue weighted by molar-refractivity contribution is 1.15. The first kappa shape index (κ1) is 11.0. The van der Waals surface area contributed by atoms with Gasteiger partial charge in [-0.1, -0.05) is 62.3 Å². The van der Waals surface area contributed by atoms with Crippen LogP contribution in [0.4, 0.5) is 5.69 Å². The van der Waals surface area contributed by atoms with Gasteiger partial charge in [0.05, 0.1) is 9.75 Å². The number of anilines is 1.